The van der Waals surface area contributed by atoms with Crippen LogP contribution in [0.25, 0.3) is 0 Å². The average Bonchev–Trinajstić information content (AvgIpc) is 2.41. The van der Waals surface area contributed by atoms with E-state index in [1.54, 1.807) is 0 Å². The van der Waals surface area contributed by atoms with Gasteiger partial charge in [0.2, 0.25) is 0 Å². The Kier molecular flexibility index (Phi) is 1.06. The molecule has 2 heteroatoms. The zero-order valence-electron chi connectivity index (χ0n) is 6.18. The van der Waals surface area contributed by atoms with Gasteiger partial charge >= 0.3 is 0 Å². The topological polar surface area (TPSA) is 12.5 Å². The van der Waals surface area contributed by atoms with Gasteiger partial charge in [0.25, 0.3) is 0 Å². The second kappa shape index (κ2) is 1.61. The minimum absolute atomic E-state index is 0.700. The van der Waals surface area contributed by atoms with E-state index in [0.717, 1.165) is 0 Å². The summed E-state index contributed by atoms with van der Waals surface area (Å²) in [6, 6.07) is 2.92. The monoisotopic (exact) mass is 142 g/mol. The number of ether oxygens (including phenoxy) is 1. The van der Waals surface area contributed by atoms with E-state index in [1.165, 1.54) is 18.5 Å². The van der Waals surface area contributed by atoms with Crippen molar-refractivity contribution in [1.29, 1.82) is 0 Å². The predicted octanol–water partition coefficient (Wildman–Crippen LogP) is 1.87. The SMILES string of the molecule is C[Si]1(C)CCC2OC2C1. The largest absolute Gasteiger partial charge is 0.370 e. The molecular weight excluding hydrogens is 128 g/mol. The van der Waals surface area contributed by atoms with E-state index in [0.29, 0.717) is 12.2 Å². The van der Waals surface area contributed by atoms with Gasteiger partial charge in [-0.25, -0.2) is 0 Å². The molecule has 2 aliphatic rings. The molecule has 0 bridgehead atoms. The standard InChI is InChI=1S/C7H14OSi/c1-9(2)4-3-6-7(5-9)8-6/h6-7H,3-5H2,1-2H3. The lowest BCUT2D eigenvalue weighted by Gasteiger charge is -2.23. The second-order valence-corrected chi connectivity index (χ2v) is 9.36. The lowest BCUT2D eigenvalue weighted by atomic mass is 10.3. The molecule has 2 saturated heterocycles. The molecule has 0 saturated carbocycles. The normalized spacial score (nSPS) is 46.0. The van der Waals surface area contributed by atoms with Crippen molar-refractivity contribution in [2.45, 2.75) is 43.8 Å². The van der Waals surface area contributed by atoms with Gasteiger partial charge in [0.1, 0.15) is 0 Å². The molecule has 2 fully saturated rings. The van der Waals surface area contributed by atoms with Crippen LogP contribution in [0.5, 0.6) is 0 Å². The molecule has 0 N–H and O–H groups in total. The molecule has 52 valence electrons. The van der Waals surface area contributed by atoms with Crippen LogP contribution in [0.2, 0.25) is 25.2 Å². The van der Waals surface area contributed by atoms with Crippen LogP contribution in [0.3, 0.4) is 0 Å². The maximum atomic E-state index is 5.45. The van der Waals surface area contributed by atoms with Crippen molar-refractivity contribution < 1.29 is 4.74 Å². The molecule has 0 spiro atoms. The third kappa shape index (κ3) is 1.06. The summed E-state index contributed by atoms with van der Waals surface area (Å²) in [7, 11) is -0.737. The molecule has 2 heterocycles. The fraction of sp³-hybridized carbons (Fsp3) is 1.00. The first-order valence-electron chi connectivity index (χ1n) is 3.83. The van der Waals surface area contributed by atoms with Gasteiger partial charge in [-0.1, -0.05) is 19.1 Å². The van der Waals surface area contributed by atoms with Gasteiger partial charge in [0.05, 0.1) is 20.3 Å². The zero-order chi connectivity index (χ0) is 6.48. The van der Waals surface area contributed by atoms with E-state index in [2.05, 4.69) is 13.1 Å². The van der Waals surface area contributed by atoms with Crippen molar-refractivity contribution in [1.82, 2.24) is 0 Å². The fourth-order valence-electron chi connectivity index (χ4n) is 1.79. The van der Waals surface area contributed by atoms with Crippen LogP contribution < -0.4 is 0 Å². The molecule has 0 aromatic carbocycles. The third-order valence-corrected chi connectivity index (χ3v) is 5.70. The van der Waals surface area contributed by atoms with E-state index < -0.39 is 8.07 Å². The van der Waals surface area contributed by atoms with Crippen LogP contribution in [-0.4, -0.2) is 20.3 Å². The highest BCUT2D eigenvalue weighted by molar-refractivity contribution is 6.77. The average molecular weight is 142 g/mol. The minimum Gasteiger partial charge on any atom is -0.370 e. The van der Waals surface area contributed by atoms with E-state index in [1.807, 2.05) is 0 Å². The maximum absolute atomic E-state index is 5.45. The van der Waals surface area contributed by atoms with Gasteiger partial charge in [-0.05, 0) is 12.5 Å². The highest BCUT2D eigenvalue weighted by atomic mass is 28.3. The lowest BCUT2D eigenvalue weighted by molar-refractivity contribution is 0.379. The Balaban J connectivity index is 2.01. The Labute approximate surface area is 57.4 Å². The van der Waals surface area contributed by atoms with E-state index >= 15 is 0 Å². The molecule has 2 unspecified atom stereocenters. The maximum Gasteiger partial charge on any atom is 0.0836 e. The quantitative estimate of drug-likeness (QED) is 0.371. The Morgan fingerprint density at radius 2 is 2.11 bits per heavy atom. The Bertz CT molecular complexity index is 133. The molecule has 1 nitrogen and oxygen atoms in total. The van der Waals surface area contributed by atoms with Gasteiger partial charge < -0.3 is 4.74 Å². The number of epoxide rings is 1. The molecule has 0 aromatic heterocycles. The van der Waals surface area contributed by atoms with Crippen molar-refractivity contribution in [3.05, 3.63) is 0 Å². The minimum atomic E-state index is -0.737. The summed E-state index contributed by atoms with van der Waals surface area (Å²) in [6.07, 6.45) is 2.77. The summed E-state index contributed by atoms with van der Waals surface area (Å²) in [5.74, 6) is 0. The van der Waals surface area contributed by atoms with Crippen molar-refractivity contribution >= 4 is 8.07 Å². The van der Waals surface area contributed by atoms with Crippen molar-refractivity contribution in [2.24, 2.45) is 0 Å². The molecule has 0 radical (unpaired) electrons. The van der Waals surface area contributed by atoms with Gasteiger partial charge in [0.15, 0.2) is 0 Å². The Morgan fingerprint density at radius 1 is 1.33 bits per heavy atom. The molecular formula is C7H14OSi. The number of fused-ring (bicyclic) bond motifs is 1. The molecule has 2 aliphatic heterocycles. The molecule has 0 amide bonds. The Morgan fingerprint density at radius 3 is 2.67 bits per heavy atom. The van der Waals surface area contributed by atoms with E-state index in [-0.39, 0.29) is 0 Å². The summed E-state index contributed by atoms with van der Waals surface area (Å²) >= 11 is 0. The summed E-state index contributed by atoms with van der Waals surface area (Å²) in [6.45, 7) is 4.95. The summed E-state index contributed by atoms with van der Waals surface area (Å²) in [5.41, 5.74) is 0. The molecule has 0 aromatic rings. The zero-order valence-corrected chi connectivity index (χ0v) is 7.18. The van der Waals surface area contributed by atoms with Gasteiger partial charge in [-0.15, -0.1) is 0 Å². The fourth-order valence-corrected chi connectivity index (χ4v) is 4.51. The van der Waals surface area contributed by atoms with Crippen LogP contribution in [0.15, 0.2) is 0 Å². The van der Waals surface area contributed by atoms with Crippen molar-refractivity contribution in [2.75, 3.05) is 0 Å². The van der Waals surface area contributed by atoms with Gasteiger partial charge in [-0.2, -0.15) is 0 Å². The van der Waals surface area contributed by atoms with Crippen LogP contribution in [0.4, 0.5) is 0 Å². The van der Waals surface area contributed by atoms with Crippen LogP contribution >= 0.6 is 0 Å². The highest BCUT2D eigenvalue weighted by Gasteiger charge is 2.47. The highest BCUT2D eigenvalue weighted by Crippen LogP contribution is 2.41. The van der Waals surface area contributed by atoms with Crippen LogP contribution in [0, 0.1) is 0 Å². The number of hydrogen-bond donors (Lipinski definition) is 0. The molecule has 0 aliphatic carbocycles. The predicted molar refractivity (Wildman–Crippen MR) is 40.4 cm³/mol. The first kappa shape index (κ1) is 5.92. The second-order valence-electron chi connectivity index (χ2n) is 4.12. The van der Waals surface area contributed by atoms with Gasteiger partial charge in [0, 0.05) is 0 Å². The third-order valence-electron chi connectivity index (χ3n) is 2.55. The number of rotatable bonds is 0. The summed E-state index contributed by atoms with van der Waals surface area (Å²) in [4.78, 5) is 0. The van der Waals surface area contributed by atoms with Crippen LogP contribution in [0.1, 0.15) is 6.42 Å². The van der Waals surface area contributed by atoms with Crippen LogP contribution in [-0.2, 0) is 4.74 Å². The van der Waals surface area contributed by atoms with Crippen molar-refractivity contribution in [3.8, 4) is 0 Å². The van der Waals surface area contributed by atoms with E-state index in [4.69, 9.17) is 4.74 Å². The first-order valence-corrected chi connectivity index (χ1v) is 7.24. The van der Waals surface area contributed by atoms with Crippen molar-refractivity contribution in [3.63, 3.8) is 0 Å². The molecule has 9 heavy (non-hydrogen) atoms. The summed E-state index contributed by atoms with van der Waals surface area (Å²) < 4.78 is 5.45. The summed E-state index contributed by atoms with van der Waals surface area (Å²) in [5, 5.41) is 0. The lowest BCUT2D eigenvalue weighted by Crippen LogP contribution is -2.31. The van der Waals surface area contributed by atoms with E-state index in [9.17, 15) is 0 Å². The first-order chi connectivity index (χ1) is 4.17. The van der Waals surface area contributed by atoms with Gasteiger partial charge in [-0.3, -0.25) is 0 Å². The molecule has 2 atom stereocenters. The molecule has 2 rings (SSSR count). The number of hydrogen-bond acceptors (Lipinski definition) is 1. The Hall–Kier alpha value is 0.177. The smallest absolute Gasteiger partial charge is 0.0836 e.